The lowest BCUT2D eigenvalue weighted by molar-refractivity contribution is -0.117. The van der Waals surface area contributed by atoms with Crippen molar-refractivity contribution in [3.05, 3.63) is 41.8 Å². The van der Waals surface area contributed by atoms with Crippen LogP contribution in [-0.2, 0) is 14.6 Å². The van der Waals surface area contributed by atoms with Gasteiger partial charge in [0.1, 0.15) is 0 Å². The molecule has 0 aliphatic rings. The zero-order valence-corrected chi connectivity index (χ0v) is 11.4. The molecule has 5 nitrogen and oxygen atoms in total. The zero-order valence-electron chi connectivity index (χ0n) is 10.6. The maximum atomic E-state index is 11.8. The van der Waals surface area contributed by atoms with Crippen LogP contribution in [0.15, 0.2) is 46.7 Å². The number of carbonyl (C=O) groups is 1. The molecular weight excluding hydrogens is 266 g/mol. The van der Waals surface area contributed by atoms with Crippen molar-refractivity contribution in [2.45, 2.75) is 24.3 Å². The van der Waals surface area contributed by atoms with E-state index >= 15 is 0 Å². The Kier molecular flexibility index (Phi) is 5.72. The van der Waals surface area contributed by atoms with Crippen molar-refractivity contribution in [2.75, 3.05) is 6.61 Å². The van der Waals surface area contributed by atoms with Gasteiger partial charge in [0.05, 0.1) is 17.5 Å². The standard InChI is InChI=1S/C13H17NO4S/c1-2-11(10-15)14-13(16)8-9-19(17,18)12-6-4-3-5-7-12/h3-9,11,15H,2,10H2,1H3,(H,14,16)/b9-8+/t11-/m1/s1. The summed E-state index contributed by atoms with van der Waals surface area (Å²) in [5, 5.41) is 12.3. The van der Waals surface area contributed by atoms with E-state index in [1.807, 2.05) is 6.92 Å². The molecular formula is C13H17NO4S. The molecule has 0 radical (unpaired) electrons. The summed E-state index contributed by atoms with van der Waals surface area (Å²) in [4.78, 5) is 11.6. The molecule has 0 unspecified atom stereocenters. The molecule has 1 aromatic rings. The van der Waals surface area contributed by atoms with E-state index in [2.05, 4.69) is 5.32 Å². The van der Waals surface area contributed by atoms with Crippen LogP contribution in [0.5, 0.6) is 0 Å². The third-order valence-corrected chi connectivity index (χ3v) is 3.95. The number of nitrogens with one attached hydrogen (secondary N) is 1. The van der Waals surface area contributed by atoms with Crippen LogP contribution in [0.3, 0.4) is 0 Å². The van der Waals surface area contributed by atoms with Gasteiger partial charge in [-0.15, -0.1) is 0 Å². The smallest absolute Gasteiger partial charge is 0.244 e. The minimum absolute atomic E-state index is 0.133. The highest BCUT2D eigenvalue weighted by Crippen LogP contribution is 2.10. The quantitative estimate of drug-likeness (QED) is 0.759. The van der Waals surface area contributed by atoms with Crippen molar-refractivity contribution in [2.24, 2.45) is 0 Å². The van der Waals surface area contributed by atoms with Crippen LogP contribution in [0.25, 0.3) is 0 Å². The van der Waals surface area contributed by atoms with Gasteiger partial charge in [-0.3, -0.25) is 4.79 Å². The van der Waals surface area contributed by atoms with E-state index < -0.39 is 15.7 Å². The highest BCUT2D eigenvalue weighted by molar-refractivity contribution is 7.94. The molecule has 0 saturated carbocycles. The van der Waals surface area contributed by atoms with Crippen molar-refractivity contribution < 1.29 is 18.3 Å². The molecule has 6 heteroatoms. The number of sulfone groups is 1. The molecule has 19 heavy (non-hydrogen) atoms. The van der Waals surface area contributed by atoms with Crippen LogP contribution in [0.2, 0.25) is 0 Å². The van der Waals surface area contributed by atoms with E-state index in [1.165, 1.54) is 12.1 Å². The van der Waals surface area contributed by atoms with Crippen molar-refractivity contribution >= 4 is 15.7 Å². The number of rotatable bonds is 6. The number of benzene rings is 1. The summed E-state index contributed by atoms with van der Waals surface area (Å²) in [5.41, 5.74) is 0. The monoisotopic (exact) mass is 283 g/mol. The molecule has 1 amide bonds. The van der Waals surface area contributed by atoms with Gasteiger partial charge in [0.25, 0.3) is 0 Å². The Hall–Kier alpha value is -1.66. The zero-order chi connectivity index (χ0) is 14.3. The Bertz CT molecular complexity index is 533. The molecule has 0 bridgehead atoms. The van der Waals surface area contributed by atoms with Crippen LogP contribution in [0.4, 0.5) is 0 Å². The number of hydrogen-bond donors (Lipinski definition) is 2. The fraction of sp³-hybridized carbons (Fsp3) is 0.308. The summed E-state index contributed by atoms with van der Waals surface area (Å²) >= 11 is 0. The van der Waals surface area contributed by atoms with E-state index in [4.69, 9.17) is 5.11 Å². The molecule has 1 aromatic carbocycles. The first-order valence-corrected chi connectivity index (χ1v) is 7.43. The minimum atomic E-state index is -3.61. The Morgan fingerprint density at radius 3 is 2.53 bits per heavy atom. The number of aliphatic hydroxyl groups is 1. The fourth-order valence-corrected chi connectivity index (χ4v) is 2.36. The number of amides is 1. The number of hydrogen-bond acceptors (Lipinski definition) is 4. The average Bonchev–Trinajstić information content (AvgIpc) is 2.43. The van der Waals surface area contributed by atoms with Gasteiger partial charge in [-0.2, -0.15) is 0 Å². The van der Waals surface area contributed by atoms with Gasteiger partial charge in [0.2, 0.25) is 5.91 Å². The molecule has 1 rings (SSSR count). The first kappa shape index (κ1) is 15.4. The maximum Gasteiger partial charge on any atom is 0.244 e. The van der Waals surface area contributed by atoms with Crippen LogP contribution in [-0.4, -0.2) is 32.1 Å². The molecule has 104 valence electrons. The highest BCUT2D eigenvalue weighted by Gasteiger charge is 2.11. The fourth-order valence-electron chi connectivity index (χ4n) is 1.37. The molecule has 0 saturated heterocycles. The third kappa shape index (κ3) is 4.84. The molecule has 0 heterocycles. The summed E-state index contributed by atoms with van der Waals surface area (Å²) in [7, 11) is -3.61. The van der Waals surface area contributed by atoms with E-state index in [1.54, 1.807) is 18.2 Å². The Morgan fingerprint density at radius 2 is 2.00 bits per heavy atom. The normalized spacial score (nSPS) is 13.4. The molecule has 0 fully saturated rings. The highest BCUT2D eigenvalue weighted by atomic mass is 32.2. The maximum absolute atomic E-state index is 11.8. The van der Waals surface area contributed by atoms with Crippen molar-refractivity contribution in [1.82, 2.24) is 5.32 Å². The summed E-state index contributed by atoms with van der Waals surface area (Å²) in [5.74, 6) is -0.541. The lowest BCUT2D eigenvalue weighted by Crippen LogP contribution is -2.35. The molecule has 0 aliphatic carbocycles. The molecule has 0 spiro atoms. The van der Waals surface area contributed by atoms with Crippen LogP contribution in [0, 0.1) is 0 Å². The Balaban J connectivity index is 2.73. The molecule has 1 atom stereocenters. The van der Waals surface area contributed by atoms with Gasteiger partial charge < -0.3 is 10.4 Å². The van der Waals surface area contributed by atoms with Gasteiger partial charge in [0.15, 0.2) is 9.84 Å². The van der Waals surface area contributed by atoms with E-state index in [9.17, 15) is 13.2 Å². The van der Waals surface area contributed by atoms with Crippen molar-refractivity contribution in [1.29, 1.82) is 0 Å². The second-order valence-corrected chi connectivity index (χ2v) is 5.79. The van der Waals surface area contributed by atoms with Crippen LogP contribution < -0.4 is 5.32 Å². The molecule has 0 aliphatic heterocycles. The van der Waals surface area contributed by atoms with Gasteiger partial charge in [-0.05, 0) is 18.6 Å². The summed E-state index contributed by atoms with van der Waals surface area (Å²) in [6.45, 7) is 1.63. The topological polar surface area (TPSA) is 83.5 Å². The average molecular weight is 283 g/mol. The first-order chi connectivity index (χ1) is 8.99. The number of carbonyl (C=O) groups excluding carboxylic acids is 1. The molecule has 0 aromatic heterocycles. The Morgan fingerprint density at radius 1 is 1.37 bits per heavy atom. The van der Waals surface area contributed by atoms with E-state index in [-0.39, 0.29) is 17.5 Å². The van der Waals surface area contributed by atoms with Gasteiger partial charge in [0, 0.05) is 11.5 Å². The summed E-state index contributed by atoms with van der Waals surface area (Å²) < 4.78 is 23.7. The SMILES string of the molecule is CC[C@H](CO)NC(=O)/C=C/S(=O)(=O)c1ccccc1. The van der Waals surface area contributed by atoms with E-state index in [0.717, 1.165) is 11.5 Å². The second-order valence-electron chi connectivity index (χ2n) is 3.96. The lowest BCUT2D eigenvalue weighted by Gasteiger charge is -2.11. The van der Waals surface area contributed by atoms with Crippen molar-refractivity contribution in [3.63, 3.8) is 0 Å². The van der Waals surface area contributed by atoms with Crippen LogP contribution >= 0.6 is 0 Å². The largest absolute Gasteiger partial charge is 0.394 e. The van der Waals surface area contributed by atoms with Crippen LogP contribution in [0.1, 0.15) is 13.3 Å². The second kappa shape index (κ2) is 7.06. The lowest BCUT2D eigenvalue weighted by atomic mass is 10.2. The predicted molar refractivity (Wildman–Crippen MR) is 72.1 cm³/mol. The minimum Gasteiger partial charge on any atom is -0.394 e. The summed E-state index contributed by atoms with van der Waals surface area (Å²) in [6, 6.07) is 7.49. The third-order valence-electron chi connectivity index (χ3n) is 2.53. The predicted octanol–water partition coefficient (Wildman–Crippen LogP) is 0.861. The Labute approximate surface area is 112 Å². The van der Waals surface area contributed by atoms with Gasteiger partial charge in [-0.1, -0.05) is 25.1 Å². The van der Waals surface area contributed by atoms with E-state index in [0.29, 0.717) is 6.42 Å². The van der Waals surface area contributed by atoms with Gasteiger partial charge >= 0.3 is 0 Å². The van der Waals surface area contributed by atoms with Crippen molar-refractivity contribution in [3.8, 4) is 0 Å². The van der Waals surface area contributed by atoms with Gasteiger partial charge in [-0.25, -0.2) is 8.42 Å². The molecule has 2 N–H and O–H groups in total. The number of aliphatic hydroxyl groups excluding tert-OH is 1. The summed E-state index contributed by atoms with van der Waals surface area (Å²) in [6.07, 6.45) is 1.53. The first-order valence-electron chi connectivity index (χ1n) is 5.89.